The van der Waals surface area contributed by atoms with Crippen LogP contribution in [-0.4, -0.2) is 64.6 Å². The van der Waals surface area contributed by atoms with Gasteiger partial charge in [-0.3, -0.25) is 19.2 Å². The third-order valence-electron chi connectivity index (χ3n) is 4.10. The van der Waals surface area contributed by atoms with Gasteiger partial charge in [0, 0.05) is 5.75 Å². The summed E-state index contributed by atoms with van der Waals surface area (Å²) in [6.45, 7) is 4.85. The number of primary amides is 1. The number of carboxylic acids is 1. The molecule has 12 heteroatoms. The van der Waals surface area contributed by atoms with Crippen LogP contribution in [0, 0.1) is 5.92 Å². The highest BCUT2D eigenvalue weighted by Gasteiger charge is 2.29. The van der Waals surface area contributed by atoms with E-state index in [4.69, 9.17) is 11.5 Å². The van der Waals surface area contributed by atoms with Crippen molar-refractivity contribution in [2.75, 3.05) is 5.75 Å². The molecule has 0 radical (unpaired) electrons. The summed E-state index contributed by atoms with van der Waals surface area (Å²) in [7, 11) is 0. The van der Waals surface area contributed by atoms with E-state index in [9.17, 15) is 29.1 Å². The largest absolute Gasteiger partial charge is 0.480 e. The van der Waals surface area contributed by atoms with Crippen LogP contribution in [0.3, 0.4) is 0 Å². The highest BCUT2D eigenvalue weighted by Crippen LogP contribution is 2.08. The molecule has 5 atom stereocenters. The Bertz CT molecular complexity index is 602. The second-order valence-electron chi connectivity index (χ2n) is 6.46. The number of carbonyl (C=O) groups excluding carboxylic acids is 4. The van der Waals surface area contributed by atoms with Crippen molar-refractivity contribution in [1.82, 2.24) is 16.0 Å². The monoisotopic (exact) mass is 419 g/mol. The molecule has 28 heavy (non-hydrogen) atoms. The number of hydrogen-bond acceptors (Lipinski definition) is 7. The molecule has 0 saturated carbocycles. The van der Waals surface area contributed by atoms with Crippen LogP contribution in [0.5, 0.6) is 0 Å². The Morgan fingerprint density at radius 2 is 1.57 bits per heavy atom. The van der Waals surface area contributed by atoms with E-state index in [1.165, 1.54) is 6.92 Å². The molecule has 8 N–H and O–H groups in total. The topological polar surface area (TPSA) is 194 Å². The molecule has 0 saturated heterocycles. The number of nitrogens with one attached hydrogen (secondary N) is 3. The van der Waals surface area contributed by atoms with Gasteiger partial charge in [-0.05, 0) is 12.8 Å². The Morgan fingerprint density at radius 1 is 1.00 bits per heavy atom. The Hall–Kier alpha value is -2.34. The van der Waals surface area contributed by atoms with Crippen molar-refractivity contribution in [3.63, 3.8) is 0 Å². The van der Waals surface area contributed by atoms with Crippen molar-refractivity contribution in [3.8, 4) is 0 Å². The molecule has 5 unspecified atom stereocenters. The van der Waals surface area contributed by atoms with Crippen LogP contribution >= 0.6 is 12.6 Å². The van der Waals surface area contributed by atoms with E-state index >= 15 is 0 Å². The first kappa shape index (κ1) is 25.7. The van der Waals surface area contributed by atoms with Gasteiger partial charge in [-0.1, -0.05) is 20.3 Å². The van der Waals surface area contributed by atoms with Crippen LogP contribution in [0.4, 0.5) is 0 Å². The molecule has 0 bridgehead atoms. The van der Waals surface area contributed by atoms with E-state index in [2.05, 4.69) is 28.6 Å². The van der Waals surface area contributed by atoms with E-state index < -0.39 is 60.2 Å². The van der Waals surface area contributed by atoms with Crippen LogP contribution in [0.25, 0.3) is 0 Å². The summed E-state index contributed by atoms with van der Waals surface area (Å²) in [5, 5.41) is 16.3. The van der Waals surface area contributed by atoms with Gasteiger partial charge < -0.3 is 32.5 Å². The van der Waals surface area contributed by atoms with Crippen molar-refractivity contribution >= 4 is 42.2 Å². The van der Waals surface area contributed by atoms with Gasteiger partial charge in [-0.15, -0.1) is 0 Å². The molecular formula is C16H29N5O6S. The van der Waals surface area contributed by atoms with E-state index in [1.54, 1.807) is 13.8 Å². The van der Waals surface area contributed by atoms with Gasteiger partial charge in [-0.2, -0.15) is 12.6 Å². The van der Waals surface area contributed by atoms with Gasteiger partial charge in [0.05, 0.1) is 12.5 Å². The third-order valence-corrected chi connectivity index (χ3v) is 4.47. The second-order valence-corrected chi connectivity index (χ2v) is 6.83. The van der Waals surface area contributed by atoms with Crippen molar-refractivity contribution in [3.05, 3.63) is 0 Å². The first-order valence-corrected chi connectivity index (χ1v) is 9.36. The number of amides is 4. The first-order valence-electron chi connectivity index (χ1n) is 8.73. The van der Waals surface area contributed by atoms with Gasteiger partial charge >= 0.3 is 5.97 Å². The van der Waals surface area contributed by atoms with Gasteiger partial charge in [0.2, 0.25) is 23.6 Å². The van der Waals surface area contributed by atoms with Gasteiger partial charge in [0.25, 0.3) is 0 Å². The maximum absolute atomic E-state index is 12.3. The number of hydrogen-bond donors (Lipinski definition) is 7. The second kappa shape index (κ2) is 12.2. The molecule has 0 aliphatic rings. The summed E-state index contributed by atoms with van der Waals surface area (Å²) < 4.78 is 0. The predicted molar refractivity (Wildman–Crippen MR) is 104 cm³/mol. The highest BCUT2D eigenvalue weighted by molar-refractivity contribution is 7.80. The SMILES string of the molecule is CCC(C)C(NC(=O)C(C)NC(=O)C(CS)NC(=O)C(N)CC(N)=O)C(=O)O. The maximum Gasteiger partial charge on any atom is 0.326 e. The summed E-state index contributed by atoms with van der Waals surface area (Å²) in [6.07, 6.45) is 0.148. The van der Waals surface area contributed by atoms with Crippen molar-refractivity contribution in [1.29, 1.82) is 0 Å². The zero-order valence-electron chi connectivity index (χ0n) is 16.1. The minimum absolute atomic E-state index is 0.0974. The Balaban J connectivity index is 4.86. The molecule has 0 aliphatic heterocycles. The van der Waals surface area contributed by atoms with Gasteiger partial charge in [0.15, 0.2) is 0 Å². The molecule has 0 aromatic carbocycles. The Kier molecular flexibility index (Phi) is 11.2. The van der Waals surface area contributed by atoms with Gasteiger partial charge in [0.1, 0.15) is 18.1 Å². The third kappa shape index (κ3) is 8.57. The highest BCUT2D eigenvalue weighted by atomic mass is 32.1. The number of carbonyl (C=O) groups is 5. The Morgan fingerprint density at radius 3 is 2.00 bits per heavy atom. The van der Waals surface area contributed by atoms with E-state index in [0.717, 1.165) is 0 Å². The van der Waals surface area contributed by atoms with Crippen LogP contribution in [0.2, 0.25) is 0 Å². The van der Waals surface area contributed by atoms with Crippen LogP contribution < -0.4 is 27.4 Å². The molecule has 160 valence electrons. The lowest BCUT2D eigenvalue weighted by Crippen LogP contribution is -2.57. The first-order chi connectivity index (χ1) is 12.9. The average Bonchev–Trinajstić information content (AvgIpc) is 2.61. The zero-order valence-corrected chi connectivity index (χ0v) is 17.0. The number of thiol groups is 1. The van der Waals surface area contributed by atoms with E-state index in [0.29, 0.717) is 6.42 Å². The quantitative estimate of drug-likeness (QED) is 0.173. The van der Waals surface area contributed by atoms with E-state index in [-0.39, 0.29) is 11.7 Å². The molecule has 4 amide bonds. The van der Waals surface area contributed by atoms with Crippen molar-refractivity contribution in [2.45, 2.75) is 57.8 Å². The minimum Gasteiger partial charge on any atom is -0.480 e. The number of aliphatic carboxylic acids is 1. The molecule has 0 rings (SSSR count). The van der Waals surface area contributed by atoms with Crippen LogP contribution in [0.1, 0.15) is 33.6 Å². The number of carboxylic acid groups (broad SMARTS) is 1. The summed E-state index contributed by atoms with van der Waals surface area (Å²) in [5.74, 6) is -4.52. The minimum atomic E-state index is -1.22. The van der Waals surface area contributed by atoms with Crippen LogP contribution in [-0.2, 0) is 24.0 Å². The summed E-state index contributed by atoms with van der Waals surface area (Å²) in [6, 6.07) is -4.49. The fraction of sp³-hybridized carbons (Fsp3) is 0.688. The maximum atomic E-state index is 12.3. The van der Waals surface area contributed by atoms with Crippen LogP contribution in [0.15, 0.2) is 0 Å². The summed E-state index contributed by atoms with van der Waals surface area (Å²) in [5.41, 5.74) is 10.5. The standard InChI is InChI=1S/C16H29N5O6S/c1-4-7(2)12(16(26)27)21-13(23)8(3)19-15(25)10(6-28)20-14(24)9(17)5-11(18)22/h7-10,12,28H,4-6,17H2,1-3H3,(H2,18,22)(H,19,25)(H,20,24)(H,21,23)(H,26,27). The fourth-order valence-corrected chi connectivity index (χ4v) is 2.38. The number of nitrogens with two attached hydrogens (primary N) is 2. The lowest BCUT2D eigenvalue weighted by Gasteiger charge is -2.24. The molecule has 0 aromatic heterocycles. The zero-order chi connectivity index (χ0) is 22.0. The Labute approximate surface area is 168 Å². The smallest absolute Gasteiger partial charge is 0.326 e. The molecule has 0 fully saturated rings. The molecule has 0 heterocycles. The van der Waals surface area contributed by atoms with E-state index in [1.807, 2.05) is 0 Å². The van der Waals surface area contributed by atoms with Crippen molar-refractivity contribution in [2.24, 2.45) is 17.4 Å². The molecule has 0 spiro atoms. The van der Waals surface area contributed by atoms with Crippen molar-refractivity contribution < 1.29 is 29.1 Å². The molecule has 0 aromatic rings. The summed E-state index contributed by atoms with van der Waals surface area (Å²) in [4.78, 5) is 58.5. The molecular weight excluding hydrogens is 390 g/mol. The summed E-state index contributed by atoms with van der Waals surface area (Å²) >= 11 is 3.98. The molecule has 11 nitrogen and oxygen atoms in total. The lowest BCUT2D eigenvalue weighted by atomic mass is 9.99. The fourth-order valence-electron chi connectivity index (χ4n) is 2.12. The van der Waals surface area contributed by atoms with Gasteiger partial charge in [-0.25, -0.2) is 4.79 Å². The average molecular weight is 420 g/mol. The number of rotatable bonds is 12. The normalized spacial score (nSPS) is 16.0. The lowest BCUT2D eigenvalue weighted by molar-refractivity contribution is -0.143. The molecule has 0 aliphatic carbocycles. The predicted octanol–water partition coefficient (Wildman–Crippen LogP) is -2.28.